The molecule has 21 heavy (non-hydrogen) atoms. The number of imidazole rings is 1. The van der Waals surface area contributed by atoms with E-state index in [2.05, 4.69) is 9.97 Å². The maximum absolute atomic E-state index is 6.27. The zero-order chi connectivity index (χ0) is 15.0. The molecule has 1 unspecified atom stereocenters. The van der Waals surface area contributed by atoms with Gasteiger partial charge in [0.15, 0.2) is 0 Å². The van der Waals surface area contributed by atoms with Gasteiger partial charge >= 0.3 is 0 Å². The normalized spacial score (nSPS) is 12.6. The van der Waals surface area contributed by atoms with Crippen LogP contribution in [0.1, 0.15) is 18.1 Å². The molecule has 108 valence electrons. The summed E-state index contributed by atoms with van der Waals surface area (Å²) in [7, 11) is 1.59. The lowest BCUT2D eigenvalue weighted by atomic mass is 10.2. The Morgan fingerprint density at radius 1 is 1.29 bits per heavy atom. The first-order valence-electron chi connectivity index (χ1n) is 6.42. The number of benzene rings is 1. The van der Waals surface area contributed by atoms with E-state index in [-0.39, 0.29) is 5.38 Å². The summed E-state index contributed by atoms with van der Waals surface area (Å²) in [6.45, 7) is 1.89. The molecule has 1 atom stereocenters. The summed E-state index contributed by atoms with van der Waals surface area (Å²) >= 11 is 12.4. The number of aromatic nitrogens is 3. The molecule has 1 aromatic carbocycles. The number of hydrogen-bond acceptors (Lipinski definition) is 3. The first-order chi connectivity index (χ1) is 10.1. The molecule has 4 nitrogen and oxygen atoms in total. The van der Waals surface area contributed by atoms with E-state index in [4.69, 9.17) is 27.9 Å². The zero-order valence-electron chi connectivity index (χ0n) is 11.5. The van der Waals surface area contributed by atoms with Crippen molar-refractivity contribution >= 4 is 34.2 Å². The molecule has 0 aliphatic carbocycles. The lowest BCUT2D eigenvalue weighted by Gasteiger charge is -2.12. The number of ether oxygens (including phenoxy) is 1. The highest BCUT2D eigenvalue weighted by molar-refractivity contribution is 6.32. The fraction of sp³-hybridized carbons (Fsp3) is 0.200. The topological polar surface area (TPSA) is 39.9 Å². The van der Waals surface area contributed by atoms with Crippen molar-refractivity contribution in [1.82, 2.24) is 14.5 Å². The van der Waals surface area contributed by atoms with E-state index < -0.39 is 0 Å². The molecule has 0 radical (unpaired) electrons. The number of hydrogen-bond donors (Lipinski definition) is 0. The third-order valence-electron chi connectivity index (χ3n) is 3.23. The monoisotopic (exact) mass is 321 g/mol. The van der Waals surface area contributed by atoms with Gasteiger partial charge in [0.05, 0.1) is 34.9 Å². The van der Waals surface area contributed by atoms with Crippen molar-refractivity contribution < 1.29 is 4.74 Å². The summed E-state index contributed by atoms with van der Waals surface area (Å²) in [5.41, 5.74) is 2.64. The van der Waals surface area contributed by atoms with Crippen molar-refractivity contribution in [2.75, 3.05) is 7.11 Å². The van der Waals surface area contributed by atoms with Gasteiger partial charge in [-0.3, -0.25) is 9.55 Å². The Balaban J connectivity index is 2.30. The third kappa shape index (κ3) is 2.45. The van der Waals surface area contributed by atoms with Gasteiger partial charge in [0.2, 0.25) is 0 Å². The minimum Gasteiger partial charge on any atom is -0.495 e. The summed E-state index contributed by atoms with van der Waals surface area (Å²) in [4.78, 5) is 8.66. The summed E-state index contributed by atoms with van der Waals surface area (Å²) in [5, 5.41) is 0.326. The molecule has 0 aliphatic rings. The highest BCUT2D eigenvalue weighted by Gasteiger charge is 2.17. The molecule has 0 saturated carbocycles. The van der Waals surface area contributed by atoms with Gasteiger partial charge in [0.25, 0.3) is 0 Å². The molecule has 0 amide bonds. The van der Waals surface area contributed by atoms with Gasteiger partial charge in [-0.05, 0) is 25.1 Å². The van der Waals surface area contributed by atoms with Gasteiger partial charge in [0, 0.05) is 12.3 Å². The van der Waals surface area contributed by atoms with E-state index in [1.54, 1.807) is 25.6 Å². The van der Waals surface area contributed by atoms with E-state index in [9.17, 15) is 0 Å². The third-order valence-corrected chi connectivity index (χ3v) is 3.74. The standard InChI is InChI=1S/C15H13Cl2N3O/c1-9(16)15-19-12-8-18-6-5-13(12)20(15)10-3-4-11(17)14(7-10)21-2/h3-9H,1-2H3. The van der Waals surface area contributed by atoms with Gasteiger partial charge in [-0.1, -0.05) is 11.6 Å². The first-order valence-corrected chi connectivity index (χ1v) is 7.23. The number of methoxy groups -OCH3 is 1. The molecule has 0 spiro atoms. The van der Waals surface area contributed by atoms with Crippen LogP contribution in [0.3, 0.4) is 0 Å². The van der Waals surface area contributed by atoms with Crippen LogP contribution in [0, 0.1) is 0 Å². The quantitative estimate of drug-likeness (QED) is 0.672. The van der Waals surface area contributed by atoms with Crippen molar-refractivity contribution in [2.24, 2.45) is 0 Å². The van der Waals surface area contributed by atoms with Gasteiger partial charge in [-0.2, -0.15) is 0 Å². The molecule has 3 aromatic rings. The SMILES string of the molecule is COc1cc(-n2c(C(C)Cl)nc3cnccc32)ccc1Cl. The van der Waals surface area contributed by atoms with Crippen LogP contribution in [0.5, 0.6) is 5.75 Å². The van der Waals surface area contributed by atoms with Gasteiger partial charge in [-0.15, -0.1) is 11.6 Å². The molecule has 0 bridgehead atoms. The van der Waals surface area contributed by atoms with Crippen molar-refractivity contribution in [1.29, 1.82) is 0 Å². The number of halogens is 2. The van der Waals surface area contributed by atoms with Crippen LogP contribution in [-0.4, -0.2) is 21.6 Å². The first kappa shape index (κ1) is 14.2. The second-order valence-corrected chi connectivity index (χ2v) is 5.67. The number of pyridine rings is 1. The lowest BCUT2D eigenvalue weighted by Crippen LogP contribution is -2.02. The number of rotatable bonds is 3. The Bertz CT molecular complexity index is 799. The van der Waals surface area contributed by atoms with E-state index in [0.717, 1.165) is 22.5 Å². The minimum absolute atomic E-state index is 0.237. The molecule has 0 fully saturated rings. The summed E-state index contributed by atoms with van der Waals surface area (Å²) in [6.07, 6.45) is 3.46. The molecule has 6 heteroatoms. The second-order valence-electron chi connectivity index (χ2n) is 4.60. The highest BCUT2D eigenvalue weighted by atomic mass is 35.5. The van der Waals surface area contributed by atoms with Crippen LogP contribution in [0.2, 0.25) is 5.02 Å². The second kappa shape index (κ2) is 5.54. The maximum atomic E-state index is 6.27. The average Bonchev–Trinajstić information content (AvgIpc) is 2.87. The average molecular weight is 322 g/mol. The van der Waals surface area contributed by atoms with E-state index in [0.29, 0.717) is 10.8 Å². The molecular formula is C15H13Cl2N3O. The summed E-state index contributed by atoms with van der Waals surface area (Å²) in [5.74, 6) is 1.36. The van der Waals surface area contributed by atoms with Crippen LogP contribution in [0.15, 0.2) is 36.7 Å². The molecule has 3 rings (SSSR count). The molecule has 2 aromatic heterocycles. The Hall–Kier alpha value is -1.78. The zero-order valence-corrected chi connectivity index (χ0v) is 13.1. The van der Waals surface area contributed by atoms with Crippen molar-refractivity contribution in [3.8, 4) is 11.4 Å². The summed E-state index contributed by atoms with van der Waals surface area (Å²) in [6, 6.07) is 7.49. The van der Waals surface area contributed by atoms with E-state index >= 15 is 0 Å². The highest BCUT2D eigenvalue weighted by Crippen LogP contribution is 2.32. The lowest BCUT2D eigenvalue weighted by molar-refractivity contribution is 0.415. The molecule has 2 heterocycles. The fourth-order valence-corrected chi connectivity index (χ4v) is 2.62. The van der Waals surface area contributed by atoms with E-state index in [1.807, 2.05) is 29.7 Å². The van der Waals surface area contributed by atoms with Crippen molar-refractivity contribution in [3.63, 3.8) is 0 Å². The molecule has 0 N–H and O–H groups in total. The van der Waals surface area contributed by atoms with E-state index in [1.165, 1.54) is 0 Å². The minimum atomic E-state index is -0.237. The predicted octanol–water partition coefficient (Wildman–Crippen LogP) is 4.38. The number of nitrogens with zero attached hydrogens (tertiary/aromatic N) is 3. The fourth-order valence-electron chi connectivity index (χ4n) is 2.28. The van der Waals surface area contributed by atoms with Gasteiger partial charge < -0.3 is 4.74 Å². The molecule has 0 aliphatic heterocycles. The van der Waals surface area contributed by atoms with Crippen molar-refractivity contribution in [2.45, 2.75) is 12.3 Å². The Labute approximate surface area is 132 Å². The van der Waals surface area contributed by atoms with Crippen LogP contribution in [-0.2, 0) is 0 Å². The maximum Gasteiger partial charge on any atom is 0.139 e. The molecular weight excluding hydrogens is 309 g/mol. The Morgan fingerprint density at radius 3 is 2.81 bits per heavy atom. The number of alkyl halides is 1. The van der Waals surface area contributed by atoms with Gasteiger partial charge in [-0.25, -0.2) is 4.98 Å². The van der Waals surface area contributed by atoms with Crippen LogP contribution in [0.4, 0.5) is 0 Å². The smallest absolute Gasteiger partial charge is 0.139 e. The van der Waals surface area contributed by atoms with Crippen LogP contribution < -0.4 is 4.74 Å². The van der Waals surface area contributed by atoms with Crippen molar-refractivity contribution in [3.05, 3.63) is 47.5 Å². The number of fused-ring (bicyclic) bond motifs is 1. The Morgan fingerprint density at radius 2 is 2.10 bits per heavy atom. The van der Waals surface area contributed by atoms with Gasteiger partial charge in [0.1, 0.15) is 17.1 Å². The predicted molar refractivity (Wildman–Crippen MR) is 84.7 cm³/mol. The van der Waals surface area contributed by atoms with Crippen LogP contribution >= 0.6 is 23.2 Å². The summed E-state index contributed by atoms with van der Waals surface area (Å²) < 4.78 is 7.28. The largest absolute Gasteiger partial charge is 0.495 e. The Kier molecular flexibility index (Phi) is 3.74. The molecule has 0 saturated heterocycles. The van der Waals surface area contributed by atoms with Crippen LogP contribution in [0.25, 0.3) is 16.7 Å².